The van der Waals surface area contributed by atoms with Gasteiger partial charge in [-0.2, -0.15) is 10.9 Å². The summed E-state index contributed by atoms with van der Waals surface area (Å²) >= 11 is 0. The second-order valence-corrected chi connectivity index (χ2v) is 10.7. The van der Waals surface area contributed by atoms with Crippen LogP contribution in [-0.2, 0) is 16.0 Å². The van der Waals surface area contributed by atoms with Crippen molar-refractivity contribution in [1.82, 2.24) is 4.90 Å². The molecule has 8 heteroatoms. The Hall–Kier alpha value is -2.39. The zero-order valence-electron chi connectivity index (χ0n) is 19.3. The first-order valence-electron chi connectivity index (χ1n) is 11.5. The van der Waals surface area contributed by atoms with Gasteiger partial charge in [0, 0.05) is 51.2 Å². The Bertz CT molecular complexity index is 974. The molecule has 1 atom stereocenters. The number of methoxy groups -OCH3 is 1. The van der Waals surface area contributed by atoms with Crippen LogP contribution in [0.1, 0.15) is 28.8 Å². The number of morpholine rings is 1. The lowest BCUT2D eigenvalue weighted by atomic mass is 10.1. The average molecular weight is 471 g/mol. The van der Waals surface area contributed by atoms with E-state index in [1.807, 2.05) is 36.4 Å². The summed E-state index contributed by atoms with van der Waals surface area (Å²) in [5.74, 6) is 0.907. The Labute approximate surface area is 198 Å². The summed E-state index contributed by atoms with van der Waals surface area (Å²) in [6.45, 7) is 5.94. The van der Waals surface area contributed by atoms with Crippen LogP contribution < -0.4 is 11.1 Å². The number of benzene rings is 2. The normalized spacial score (nSPS) is 19.9. The zero-order valence-corrected chi connectivity index (χ0v) is 20.2. The second-order valence-electron chi connectivity index (χ2n) is 8.36. The van der Waals surface area contributed by atoms with E-state index in [2.05, 4.69) is 16.3 Å². The van der Waals surface area contributed by atoms with Crippen LogP contribution in [0.15, 0.2) is 52.4 Å². The molecule has 1 saturated heterocycles. The minimum Gasteiger partial charge on any atom is -0.397 e. The SMILES string of the molecule is COCCCC1=NCC[SH]1c1ccc(N)c(NC(=O)c2ccc(CN3CCOCC3)cc2)c1. The lowest BCUT2D eigenvalue weighted by Crippen LogP contribution is -2.35. The number of thiol groups is 1. The van der Waals surface area contributed by atoms with Crippen molar-refractivity contribution in [1.29, 1.82) is 0 Å². The number of carbonyl (C=O) groups excluding carboxylic acids is 1. The molecule has 0 spiro atoms. The van der Waals surface area contributed by atoms with Gasteiger partial charge in [-0.1, -0.05) is 12.1 Å². The van der Waals surface area contributed by atoms with Gasteiger partial charge in [-0.15, -0.1) is 0 Å². The van der Waals surface area contributed by atoms with Gasteiger partial charge in [0.25, 0.3) is 5.91 Å². The first-order chi connectivity index (χ1) is 16.1. The van der Waals surface area contributed by atoms with Crippen molar-refractivity contribution in [2.75, 3.05) is 63.4 Å². The fraction of sp³-hybridized carbons (Fsp3) is 0.440. The van der Waals surface area contributed by atoms with Crippen molar-refractivity contribution in [3.63, 3.8) is 0 Å². The third-order valence-corrected chi connectivity index (χ3v) is 8.54. The van der Waals surface area contributed by atoms with Crippen molar-refractivity contribution in [2.24, 2.45) is 4.99 Å². The maximum Gasteiger partial charge on any atom is 0.255 e. The van der Waals surface area contributed by atoms with E-state index in [1.54, 1.807) is 7.11 Å². The van der Waals surface area contributed by atoms with Crippen LogP contribution in [0, 0.1) is 0 Å². The number of nitrogen functional groups attached to an aromatic ring is 1. The molecule has 0 aromatic heterocycles. The number of hydrogen-bond donors (Lipinski definition) is 3. The maximum atomic E-state index is 12.9. The predicted molar refractivity (Wildman–Crippen MR) is 137 cm³/mol. The van der Waals surface area contributed by atoms with Crippen LogP contribution in [0.2, 0.25) is 0 Å². The largest absolute Gasteiger partial charge is 0.397 e. The Morgan fingerprint density at radius 1 is 1.21 bits per heavy atom. The summed E-state index contributed by atoms with van der Waals surface area (Å²) in [5.41, 5.74) is 9.26. The number of nitrogens with zero attached hydrogens (tertiary/aromatic N) is 2. The number of rotatable bonds is 9. The van der Waals surface area contributed by atoms with E-state index in [1.165, 1.54) is 15.5 Å². The van der Waals surface area contributed by atoms with E-state index in [0.29, 0.717) is 16.9 Å². The summed E-state index contributed by atoms with van der Waals surface area (Å²) < 4.78 is 10.6. The molecular formula is C25H34N4O3S. The highest BCUT2D eigenvalue weighted by atomic mass is 32.2. The van der Waals surface area contributed by atoms with Gasteiger partial charge in [-0.3, -0.25) is 14.7 Å². The van der Waals surface area contributed by atoms with Gasteiger partial charge < -0.3 is 20.5 Å². The molecule has 178 valence electrons. The number of anilines is 2. The molecular weight excluding hydrogens is 436 g/mol. The van der Waals surface area contributed by atoms with Gasteiger partial charge in [0.1, 0.15) is 0 Å². The van der Waals surface area contributed by atoms with Crippen molar-refractivity contribution >= 4 is 33.2 Å². The molecule has 3 N–H and O–H groups in total. The predicted octanol–water partition coefficient (Wildman–Crippen LogP) is 3.55. The topological polar surface area (TPSA) is 89.2 Å². The fourth-order valence-corrected chi connectivity index (χ4v) is 6.51. The van der Waals surface area contributed by atoms with Crippen LogP contribution in [0.3, 0.4) is 0 Å². The minimum atomic E-state index is -0.467. The Morgan fingerprint density at radius 2 is 2.00 bits per heavy atom. The first kappa shape index (κ1) is 23.8. The molecule has 1 fully saturated rings. The third kappa shape index (κ3) is 6.35. The van der Waals surface area contributed by atoms with E-state index < -0.39 is 10.9 Å². The molecule has 2 heterocycles. The van der Waals surface area contributed by atoms with Crippen molar-refractivity contribution in [2.45, 2.75) is 24.3 Å². The van der Waals surface area contributed by atoms with Crippen molar-refractivity contribution in [3.05, 3.63) is 53.6 Å². The van der Waals surface area contributed by atoms with Crippen LogP contribution in [-0.4, -0.2) is 68.2 Å². The van der Waals surface area contributed by atoms with Gasteiger partial charge in [-0.25, -0.2) is 0 Å². The quantitative estimate of drug-likeness (QED) is 0.296. The monoisotopic (exact) mass is 470 g/mol. The van der Waals surface area contributed by atoms with Crippen LogP contribution in [0.5, 0.6) is 0 Å². The molecule has 1 amide bonds. The Kier molecular flexibility index (Phi) is 8.39. The summed E-state index contributed by atoms with van der Waals surface area (Å²) in [6.07, 6.45) is 1.94. The van der Waals surface area contributed by atoms with Crippen molar-refractivity contribution < 1.29 is 14.3 Å². The summed E-state index contributed by atoms with van der Waals surface area (Å²) in [7, 11) is 1.26. The average Bonchev–Trinajstić information content (AvgIpc) is 3.30. The molecule has 2 aliphatic heterocycles. The van der Waals surface area contributed by atoms with Gasteiger partial charge in [0.2, 0.25) is 0 Å². The Morgan fingerprint density at radius 3 is 2.76 bits per heavy atom. The van der Waals surface area contributed by atoms with E-state index >= 15 is 0 Å². The number of nitrogens with two attached hydrogens (primary N) is 1. The molecule has 0 bridgehead atoms. The molecule has 1 unspecified atom stereocenters. The minimum absolute atomic E-state index is 0.148. The van der Waals surface area contributed by atoms with Crippen molar-refractivity contribution in [3.8, 4) is 0 Å². The van der Waals surface area contributed by atoms with E-state index in [0.717, 1.165) is 64.6 Å². The molecule has 33 heavy (non-hydrogen) atoms. The molecule has 2 aromatic carbocycles. The summed E-state index contributed by atoms with van der Waals surface area (Å²) in [5, 5.41) is 4.30. The summed E-state index contributed by atoms with van der Waals surface area (Å²) in [6, 6.07) is 13.8. The van der Waals surface area contributed by atoms with Gasteiger partial charge in [-0.05, 0) is 53.6 Å². The lowest BCUT2D eigenvalue weighted by Gasteiger charge is -2.26. The highest BCUT2D eigenvalue weighted by molar-refractivity contribution is 8.30. The number of hydrogen-bond acceptors (Lipinski definition) is 6. The van der Waals surface area contributed by atoms with E-state index in [-0.39, 0.29) is 5.91 Å². The molecule has 4 rings (SSSR count). The van der Waals surface area contributed by atoms with Crippen LogP contribution in [0.4, 0.5) is 11.4 Å². The summed E-state index contributed by atoms with van der Waals surface area (Å²) in [4.78, 5) is 21.2. The zero-order chi connectivity index (χ0) is 23.0. The first-order valence-corrected chi connectivity index (χ1v) is 13.1. The molecule has 2 aromatic rings. The highest BCUT2D eigenvalue weighted by Crippen LogP contribution is 2.44. The molecule has 2 aliphatic rings. The molecule has 0 saturated carbocycles. The number of nitrogens with one attached hydrogen (secondary N) is 1. The standard InChI is InChI=1S/C25H34N4O3S/c1-31-13-2-3-24-27-10-16-33(24)21-8-9-22(26)23(17-21)28-25(30)20-6-4-19(5-7-20)18-29-11-14-32-15-12-29/h4-9,17,33H,2-3,10-16,18,26H2,1H3,(H,28,30). The molecule has 0 aliphatic carbocycles. The number of amides is 1. The number of aliphatic imine (C=N–C) groups is 1. The third-order valence-electron chi connectivity index (χ3n) is 6.00. The van der Waals surface area contributed by atoms with Crippen LogP contribution >= 0.6 is 10.9 Å². The number of ether oxygens (including phenoxy) is 2. The smallest absolute Gasteiger partial charge is 0.255 e. The molecule has 7 nitrogen and oxygen atoms in total. The van der Waals surface area contributed by atoms with Crippen LogP contribution in [0.25, 0.3) is 0 Å². The highest BCUT2D eigenvalue weighted by Gasteiger charge is 2.20. The lowest BCUT2D eigenvalue weighted by molar-refractivity contribution is 0.0342. The molecule has 0 radical (unpaired) electrons. The van der Waals surface area contributed by atoms with Gasteiger partial charge in [0.15, 0.2) is 0 Å². The van der Waals surface area contributed by atoms with E-state index in [9.17, 15) is 4.79 Å². The van der Waals surface area contributed by atoms with E-state index in [4.69, 9.17) is 20.2 Å². The maximum absolute atomic E-state index is 12.9. The Balaban J connectivity index is 1.40. The second kappa shape index (κ2) is 11.7. The number of carbonyl (C=O) groups is 1. The van der Waals surface area contributed by atoms with Gasteiger partial charge in [0.05, 0.1) is 29.6 Å². The van der Waals surface area contributed by atoms with Gasteiger partial charge >= 0.3 is 0 Å². The fourth-order valence-electron chi connectivity index (χ4n) is 4.15.